The maximum absolute atomic E-state index is 12.3. The first kappa shape index (κ1) is 17.2. The Hall–Kier alpha value is -1.88. The summed E-state index contributed by atoms with van der Waals surface area (Å²) in [6, 6.07) is 5.82. The van der Waals surface area contributed by atoms with E-state index in [9.17, 15) is 9.59 Å². The first-order chi connectivity index (χ1) is 9.92. The maximum atomic E-state index is 12.3. The Morgan fingerprint density at radius 1 is 1.38 bits per heavy atom. The number of ether oxygens (including phenoxy) is 1. The molecular weight excluding hydrogens is 270 g/mol. The zero-order chi connectivity index (χ0) is 16.0. The van der Waals surface area contributed by atoms with Crippen molar-refractivity contribution in [3.8, 4) is 0 Å². The number of hydrogen-bond acceptors (Lipinski definition) is 3. The second-order valence-electron chi connectivity index (χ2n) is 5.11. The van der Waals surface area contributed by atoms with Crippen molar-refractivity contribution < 1.29 is 19.4 Å². The van der Waals surface area contributed by atoms with E-state index in [2.05, 4.69) is 0 Å². The Kier molecular flexibility index (Phi) is 6.37. The highest BCUT2D eigenvalue weighted by atomic mass is 16.5. The van der Waals surface area contributed by atoms with E-state index in [1.54, 1.807) is 6.92 Å². The van der Waals surface area contributed by atoms with Crippen LogP contribution in [0.3, 0.4) is 0 Å². The SMILES string of the molecule is CCc1cccc(C)c1N(CC(C)C(=O)O)C(=O)COC. The number of benzene rings is 1. The summed E-state index contributed by atoms with van der Waals surface area (Å²) in [6.07, 6.45) is 0.773. The highest BCUT2D eigenvalue weighted by molar-refractivity contribution is 5.96. The minimum atomic E-state index is -0.920. The number of rotatable bonds is 7. The molecule has 0 bridgehead atoms. The topological polar surface area (TPSA) is 66.8 Å². The summed E-state index contributed by atoms with van der Waals surface area (Å²) < 4.78 is 4.92. The van der Waals surface area contributed by atoms with Gasteiger partial charge < -0.3 is 14.7 Å². The van der Waals surface area contributed by atoms with Crippen molar-refractivity contribution in [1.29, 1.82) is 0 Å². The monoisotopic (exact) mass is 293 g/mol. The van der Waals surface area contributed by atoms with E-state index >= 15 is 0 Å². The minimum Gasteiger partial charge on any atom is -0.481 e. The number of hydrogen-bond donors (Lipinski definition) is 1. The van der Waals surface area contributed by atoms with Crippen LogP contribution < -0.4 is 4.90 Å². The predicted octanol–water partition coefficient (Wildman–Crippen LogP) is 2.26. The van der Waals surface area contributed by atoms with E-state index in [0.717, 1.165) is 23.2 Å². The third kappa shape index (κ3) is 4.29. The van der Waals surface area contributed by atoms with Gasteiger partial charge in [0.1, 0.15) is 6.61 Å². The smallest absolute Gasteiger partial charge is 0.308 e. The van der Waals surface area contributed by atoms with Gasteiger partial charge in [0.25, 0.3) is 5.91 Å². The minimum absolute atomic E-state index is 0.0656. The van der Waals surface area contributed by atoms with Crippen LogP contribution >= 0.6 is 0 Å². The normalized spacial score (nSPS) is 12.0. The molecule has 0 saturated heterocycles. The van der Waals surface area contributed by atoms with Gasteiger partial charge in [0, 0.05) is 19.3 Å². The van der Waals surface area contributed by atoms with Crippen LogP contribution in [-0.4, -0.2) is 37.2 Å². The van der Waals surface area contributed by atoms with Gasteiger partial charge in [-0.15, -0.1) is 0 Å². The number of para-hydroxylation sites is 1. The number of aliphatic carboxylic acids is 1. The van der Waals surface area contributed by atoms with E-state index in [-0.39, 0.29) is 19.1 Å². The molecule has 116 valence electrons. The van der Waals surface area contributed by atoms with Gasteiger partial charge in [-0.2, -0.15) is 0 Å². The largest absolute Gasteiger partial charge is 0.481 e. The molecule has 5 heteroatoms. The first-order valence-electron chi connectivity index (χ1n) is 7.02. The number of carboxylic acids is 1. The molecule has 0 aliphatic heterocycles. The van der Waals surface area contributed by atoms with Gasteiger partial charge in [-0.3, -0.25) is 9.59 Å². The van der Waals surface area contributed by atoms with Crippen LogP contribution in [0, 0.1) is 12.8 Å². The van der Waals surface area contributed by atoms with Gasteiger partial charge in [0.2, 0.25) is 0 Å². The highest BCUT2D eigenvalue weighted by Gasteiger charge is 2.24. The number of carboxylic acid groups (broad SMARTS) is 1. The van der Waals surface area contributed by atoms with E-state index in [1.165, 1.54) is 12.0 Å². The molecule has 0 aliphatic carbocycles. The molecule has 1 aromatic rings. The van der Waals surface area contributed by atoms with Crippen molar-refractivity contribution in [1.82, 2.24) is 0 Å². The Bertz CT molecular complexity index is 513. The van der Waals surface area contributed by atoms with Crippen molar-refractivity contribution in [2.45, 2.75) is 27.2 Å². The average molecular weight is 293 g/mol. The number of amides is 1. The predicted molar refractivity (Wildman–Crippen MR) is 81.6 cm³/mol. The molecule has 0 spiro atoms. The number of carbonyl (C=O) groups is 2. The fraction of sp³-hybridized carbons (Fsp3) is 0.500. The van der Waals surface area contributed by atoms with Crippen LogP contribution in [-0.2, 0) is 20.7 Å². The fourth-order valence-corrected chi connectivity index (χ4v) is 2.26. The molecule has 0 aromatic heterocycles. The molecule has 0 saturated carbocycles. The van der Waals surface area contributed by atoms with Crippen molar-refractivity contribution in [2.75, 3.05) is 25.2 Å². The molecule has 0 fully saturated rings. The van der Waals surface area contributed by atoms with Crippen LogP contribution in [0.2, 0.25) is 0 Å². The lowest BCUT2D eigenvalue weighted by Crippen LogP contribution is -2.40. The molecule has 0 aliphatic rings. The number of carbonyl (C=O) groups excluding carboxylic acids is 1. The van der Waals surface area contributed by atoms with Gasteiger partial charge in [-0.25, -0.2) is 0 Å². The zero-order valence-electron chi connectivity index (χ0n) is 13.0. The third-order valence-electron chi connectivity index (χ3n) is 3.42. The van der Waals surface area contributed by atoms with Gasteiger partial charge in [0.05, 0.1) is 5.92 Å². The summed E-state index contributed by atoms with van der Waals surface area (Å²) in [5.74, 6) is -1.79. The van der Waals surface area contributed by atoms with Crippen LogP contribution in [0.4, 0.5) is 5.69 Å². The first-order valence-corrected chi connectivity index (χ1v) is 7.02. The van der Waals surface area contributed by atoms with E-state index in [1.807, 2.05) is 32.0 Å². The summed E-state index contributed by atoms with van der Waals surface area (Å²) in [6.45, 7) is 5.60. The van der Waals surface area contributed by atoms with E-state index < -0.39 is 11.9 Å². The van der Waals surface area contributed by atoms with Crippen molar-refractivity contribution in [3.05, 3.63) is 29.3 Å². The van der Waals surface area contributed by atoms with Crippen LogP contribution in [0.25, 0.3) is 0 Å². The Morgan fingerprint density at radius 3 is 2.57 bits per heavy atom. The molecule has 21 heavy (non-hydrogen) atoms. The highest BCUT2D eigenvalue weighted by Crippen LogP contribution is 2.27. The lowest BCUT2D eigenvalue weighted by atomic mass is 10.0. The van der Waals surface area contributed by atoms with E-state index in [4.69, 9.17) is 9.84 Å². The molecule has 1 N–H and O–H groups in total. The number of methoxy groups -OCH3 is 1. The van der Waals surface area contributed by atoms with Gasteiger partial charge in [0.15, 0.2) is 0 Å². The summed E-state index contributed by atoms with van der Waals surface area (Å²) in [4.78, 5) is 25.0. The molecule has 1 amide bonds. The lowest BCUT2D eigenvalue weighted by molar-refractivity contribution is -0.140. The third-order valence-corrected chi connectivity index (χ3v) is 3.42. The van der Waals surface area contributed by atoms with Gasteiger partial charge in [-0.1, -0.05) is 32.0 Å². The average Bonchev–Trinajstić information content (AvgIpc) is 2.44. The maximum Gasteiger partial charge on any atom is 0.308 e. The number of aryl methyl sites for hydroxylation is 2. The van der Waals surface area contributed by atoms with Crippen LogP contribution in [0.5, 0.6) is 0 Å². The molecule has 1 aromatic carbocycles. The molecule has 1 rings (SSSR count). The number of nitrogens with zero attached hydrogens (tertiary/aromatic N) is 1. The molecule has 1 unspecified atom stereocenters. The summed E-state index contributed by atoms with van der Waals surface area (Å²) >= 11 is 0. The second-order valence-corrected chi connectivity index (χ2v) is 5.11. The Balaban J connectivity index is 3.23. The Labute approximate surface area is 125 Å². The van der Waals surface area contributed by atoms with E-state index in [0.29, 0.717) is 0 Å². The summed E-state index contributed by atoms with van der Waals surface area (Å²) in [5, 5.41) is 9.12. The van der Waals surface area contributed by atoms with Gasteiger partial charge in [-0.05, 0) is 24.5 Å². The van der Waals surface area contributed by atoms with Crippen LogP contribution in [0.15, 0.2) is 18.2 Å². The fourth-order valence-electron chi connectivity index (χ4n) is 2.26. The molecule has 1 atom stereocenters. The Morgan fingerprint density at radius 2 is 2.05 bits per heavy atom. The van der Waals surface area contributed by atoms with Crippen molar-refractivity contribution in [2.24, 2.45) is 5.92 Å². The molecule has 5 nitrogen and oxygen atoms in total. The quantitative estimate of drug-likeness (QED) is 0.837. The zero-order valence-corrected chi connectivity index (χ0v) is 13.0. The van der Waals surface area contributed by atoms with Crippen molar-refractivity contribution >= 4 is 17.6 Å². The summed E-state index contributed by atoms with van der Waals surface area (Å²) in [5.41, 5.74) is 2.78. The van der Waals surface area contributed by atoms with Crippen molar-refractivity contribution in [3.63, 3.8) is 0 Å². The lowest BCUT2D eigenvalue weighted by Gasteiger charge is -2.28. The number of anilines is 1. The molecule has 0 heterocycles. The van der Waals surface area contributed by atoms with Gasteiger partial charge >= 0.3 is 5.97 Å². The summed E-state index contributed by atoms with van der Waals surface area (Å²) in [7, 11) is 1.45. The standard InChI is InChI=1S/C16H23NO4/c1-5-13-8-6-7-11(2)15(13)17(14(18)10-21-4)9-12(3)16(19)20/h6-8,12H,5,9-10H2,1-4H3,(H,19,20). The molecule has 0 radical (unpaired) electrons. The van der Waals surface area contributed by atoms with Crippen LogP contribution in [0.1, 0.15) is 25.0 Å². The molecular formula is C16H23NO4. The second kappa shape index (κ2) is 7.78.